The zero-order valence-corrected chi connectivity index (χ0v) is 17.1. The first-order chi connectivity index (χ1) is 12.6. The molecule has 1 aromatic carbocycles. The van der Waals surface area contributed by atoms with E-state index in [0.29, 0.717) is 37.7 Å². The third kappa shape index (κ3) is 9.12. The molecule has 0 unspecified atom stereocenters. The summed E-state index contributed by atoms with van der Waals surface area (Å²) in [6.45, 7) is 7.05. The number of rotatable bonds is 7. The van der Waals surface area contributed by atoms with Gasteiger partial charge in [0.05, 0.1) is 5.69 Å². The molecular weight excluding hydrogens is 349 g/mol. The number of ether oxygens (including phenoxy) is 1. The molecule has 0 aliphatic carbocycles. The number of guanidine groups is 1. The van der Waals surface area contributed by atoms with Gasteiger partial charge in [0.25, 0.3) is 0 Å². The third-order valence-electron chi connectivity index (χ3n) is 3.49. The summed E-state index contributed by atoms with van der Waals surface area (Å²) >= 11 is 0. The summed E-state index contributed by atoms with van der Waals surface area (Å²) in [7, 11) is 5.28. The van der Waals surface area contributed by atoms with Crippen LogP contribution in [0.4, 0.5) is 14.9 Å². The van der Waals surface area contributed by atoms with Gasteiger partial charge in [-0.05, 0) is 44.9 Å². The van der Waals surface area contributed by atoms with E-state index in [1.54, 1.807) is 32.1 Å². The van der Waals surface area contributed by atoms with Crippen LogP contribution in [0.5, 0.6) is 0 Å². The first kappa shape index (κ1) is 22.5. The van der Waals surface area contributed by atoms with E-state index in [0.717, 1.165) is 5.56 Å². The van der Waals surface area contributed by atoms with Crippen molar-refractivity contribution in [2.75, 3.05) is 39.1 Å². The van der Waals surface area contributed by atoms with E-state index < -0.39 is 11.7 Å². The fourth-order valence-electron chi connectivity index (χ4n) is 2.23. The van der Waals surface area contributed by atoms with E-state index in [2.05, 4.69) is 20.9 Å². The number of nitrogens with zero attached hydrogens (tertiary/aromatic N) is 2. The first-order valence-corrected chi connectivity index (χ1v) is 8.99. The molecule has 3 N–H and O–H groups in total. The van der Waals surface area contributed by atoms with Crippen LogP contribution in [0.25, 0.3) is 0 Å². The molecule has 1 aromatic rings. The summed E-state index contributed by atoms with van der Waals surface area (Å²) in [5, 5.41) is 8.99. The molecule has 0 spiro atoms. The van der Waals surface area contributed by atoms with E-state index in [1.165, 1.54) is 6.07 Å². The van der Waals surface area contributed by atoms with Crippen molar-refractivity contribution in [3.8, 4) is 0 Å². The number of alkyl carbamates (subject to hydrolysis) is 1. The fourth-order valence-corrected chi connectivity index (χ4v) is 2.23. The Kier molecular flexibility index (Phi) is 8.84. The highest BCUT2D eigenvalue weighted by Gasteiger charge is 2.15. The SMILES string of the molecule is CN=C(NCCCNC(=O)OC(C)(C)C)NCc1ccc(N(C)C)c(F)c1. The van der Waals surface area contributed by atoms with Crippen LogP contribution >= 0.6 is 0 Å². The van der Waals surface area contributed by atoms with E-state index in [9.17, 15) is 9.18 Å². The van der Waals surface area contributed by atoms with E-state index in [4.69, 9.17) is 4.74 Å². The van der Waals surface area contributed by atoms with Crippen LogP contribution in [0.2, 0.25) is 0 Å². The summed E-state index contributed by atoms with van der Waals surface area (Å²) in [6.07, 6.45) is 0.291. The molecular formula is C19H32FN5O2. The number of anilines is 1. The second-order valence-corrected chi connectivity index (χ2v) is 7.31. The quantitative estimate of drug-likeness (QED) is 0.384. The van der Waals surface area contributed by atoms with Crippen molar-refractivity contribution >= 4 is 17.7 Å². The van der Waals surface area contributed by atoms with Gasteiger partial charge < -0.3 is 25.6 Å². The molecule has 0 saturated carbocycles. The molecule has 8 heteroatoms. The first-order valence-electron chi connectivity index (χ1n) is 8.99. The minimum Gasteiger partial charge on any atom is -0.444 e. The molecule has 7 nitrogen and oxygen atoms in total. The highest BCUT2D eigenvalue weighted by Crippen LogP contribution is 2.18. The van der Waals surface area contributed by atoms with Crippen molar-refractivity contribution in [3.05, 3.63) is 29.6 Å². The molecule has 152 valence electrons. The van der Waals surface area contributed by atoms with Gasteiger partial charge in [0, 0.05) is 40.8 Å². The van der Waals surface area contributed by atoms with Crippen molar-refractivity contribution in [2.24, 2.45) is 4.99 Å². The van der Waals surface area contributed by atoms with Crippen molar-refractivity contribution in [2.45, 2.75) is 39.3 Å². The maximum Gasteiger partial charge on any atom is 0.407 e. The van der Waals surface area contributed by atoms with Crippen molar-refractivity contribution in [3.63, 3.8) is 0 Å². The third-order valence-corrected chi connectivity index (χ3v) is 3.49. The van der Waals surface area contributed by atoms with Gasteiger partial charge in [-0.25, -0.2) is 9.18 Å². The van der Waals surface area contributed by atoms with Gasteiger partial charge in [0.15, 0.2) is 5.96 Å². The molecule has 0 bridgehead atoms. The second-order valence-electron chi connectivity index (χ2n) is 7.31. The number of hydrogen-bond donors (Lipinski definition) is 3. The van der Waals surface area contributed by atoms with Crippen LogP contribution in [-0.2, 0) is 11.3 Å². The van der Waals surface area contributed by atoms with E-state index >= 15 is 0 Å². The van der Waals surface area contributed by atoms with Gasteiger partial charge in [-0.1, -0.05) is 6.07 Å². The lowest BCUT2D eigenvalue weighted by molar-refractivity contribution is 0.0527. The normalized spacial score (nSPS) is 11.7. The molecule has 0 aromatic heterocycles. The number of hydrogen-bond acceptors (Lipinski definition) is 4. The number of halogens is 1. The Hall–Kier alpha value is -2.51. The Morgan fingerprint density at radius 3 is 2.41 bits per heavy atom. The topological polar surface area (TPSA) is 78.0 Å². The van der Waals surface area contributed by atoms with Crippen LogP contribution in [0.15, 0.2) is 23.2 Å². The maximum absolute atomic E-state index is 14.0. The lowest BCUT2D eigenvalue weighted by Gasteiger charge is -2.19. The van der Waals surface area contributed by atoms with E-state index in [-0.39, 0.29) is 5.82 Å². The van der Waals surface area contributed by atoms with E-state index in [1.807, 2.05) is 26.8 Å². The van der Waals surface area contributed by atoms with Gasteiger partial charge in [-0.3, -0.25) is 4.99 Å². The number of carbonyl (C=O) groups is 1. The molecule has 0 atom stereocenters. The largest absolute Gasteiger partial charge is 0.444 e. The van der Waals surface area contributed by atoms with Crippen molar-refractivity contribution < 1.29 is 13.9 Å². The Morgan fingerprint density at radius 2 is 1.85 bits per heavy atom. The molecule has 27 heavy (non-hydrogen) atoms. The summed E-state index contributed by atoms with van der Waals surface area (Å²) < 4.78 is 19.2. The minimum absolute atomic E-state index is 0.254. The lowest BCUT2D eigenvalue weighted by atomic mass is 10.2. The average Bonchev–Trinajstić information content (AvgIpc) is 2.55. The van der Waals surface area contributed by atoms with Crippen molar-refractivity contribution in [1.82, 2.24) is 16.0 Å². The standard InChI is InChI=1S/C19H32FN5O2/c1-19(2,3)27-18(26)23-11-7-10-22-17(21-4)24-13-14-8-9-16(25(5)6)15(20)12-14/h8-9,12H,7,10-11,13H2,1-6H3,(H,23,26)(H2,21,22,24). The van der Waals surface area contributed by atoms with Gasteiger partial charge in [-0.15, -0.1) is 0 Å². The van der Waals surface area contributed by atoms with Gasteiger partial charge in [0.1, 0.15) is 11.4 Å². The molecule has 0 aliphatic rings. The summed E-state index contributed by atoms with van der Waals surface area (Å²) in [4.78, 5) is 17.4. The number of carbonyl (C=O) groups excluding carboxylic acids is 1. The number of nitrogens with one attached hydrogen (secondary N) is 3. The van der Waals surface area contributed by atoms with Crippen molar-refractivity contribution in [1.29, 1.82) is 0 Å². The minimum atomic E-state index is -0.501. The molecule has 0 heterocycles. The van der Waals surface area contributed by atoms with Gasteiger partial charge in [-0.2, -0.15) is 0 Å². The fraction of sp³-hybridized carbons (Fsp3) is 0.579. The Morgan fingerprint density at radius 1 is 1.19 bits per heavy atom. The second kappa shape index (κ2) is 10.6. The van der Waals surface area contributed by atoms with Gasteiger partial charge in [0.2, 0.25) is 0 Å². The predicted octanol–water partition coefficient (Wildman–Crippen LogP) is 2.47. The molecule has 0 saturated heterocycles. The highest BCUT2D eigenvalue weighted by atomic mass is 19.1. The van der Waals surface area contributed by atoms with Crippen LogP contribution < -0.4 is 20.9 Å². The Bertz CT molecular complexity index is 641. The smallest absolute Gasteiger partial charge is 0.407 e. The molecule has 0 aliphatic heterocycles. The summed E-state index contributed by atoms with van der Waals surface area (Å²) in [6, 6.07) is 5.15. The highest BCUT2D eigenvalue weighted by molar-refractivity contribution is 5.79. The maximum atomic E-state index is 14.0. The molecule has 1 amide bonds. The van der Waals surface area contributed by atoms with Crippen LogP contribution in [0.3, 0.4) is 0 Å². The zero-order chi connectivity index (χ0) is 20.4. The molecule has 0 fully saturated rings. The zero-order valence-electron chi connectivity index (χ0n) is 17.1. The number of aliphatic imine (C=N–C) groups is 1. The average molecular weight is 381 g/mol. The summed E-state index contributed by atoms with van der Waals surface area (Å²) in [5.41, 5.74) is 0.879. The predicted molar refractivity (Wildman–Crippen MR) is 108 cm³/mol. The Balaban J connectivity index is 2.31. The molecule has 0 radical (unpaired) electrons. The molecule has 1 rings (SSSR count). The monoisotopic (exact) mass is 381 g/mol. The summed E-state index contributed by atoms with van der Waals surface area (Å²) in [5.74, 6) is 0.361. The number of benzene rings is 1. The van der Waals surface area contributed by atoms with Gasteiger partial charge >= 0.3 is 6.09 Å². The van der Waals surface area contributed by atoms with Crippen LogP contribution in [-0.4, -0.2) is 51.9 Å². The van der Waals surface area contributed by atoms with Crippen LogP contribution in [0, 0.1) is 5.82 Å². The van der Waals surface area contributed by atoms with Crippen LogP contribution in [0.1, 0.15) is 32.8 Å². The number of amides is 1. The lowest BCUT2D eigenvalue weighted by Crippen LogP contribution is -2.39. The Labute approximate surface area is 161 Å².